The summed E-state index contributed by atoms with van der Waals surface area (Å²) < 4.78 is 1.04. The number of aliphatic hydroxyl groups excluding tert-OH is 1. The Hall–Kier alpha value is 0.1000. The molecule has 1 heterocycles. The maximum atomic E-state index is 9.44. The molecule has 1 atom stereocenters. The van der Waals surface area contributed by atoms with E-state index >= 15 is 0 Å². The van der Waals surface area contributed by atoms with E-state index in [1.165, 1.54) is 0 Å². The molecule has 1 rings (SSSR count). The van der Waals surface area contributed by atoms with E-state index in [1.807, 2.05) is 12.1 Å². The molecule has 1 aromatic heterocycles. The molecule has 11 heavy (non-hydrogen) atoms. The Morgan fingerprint density at radius 3 is 2.82 bits per heavy atom. The second-order valence-corrected chi connectivity index (χ2v) is 4.73. The van der Waals surface area contributed by atoms with Crippen LogP contribution < -0.4 is 5.73 Å². The summed E-state index contributed by atoms with van der Waals surface area (Å²) in [6.07, 6.45) is 0.240. The van der Waals surface area contributed by atoms with Crippen LogP contribution in [0.3, 0.4) is 0 Å². The van der Waals surface area contributed by atoms with Crippen molar-refractivity contribution >= 4 is 27.3 Å². The summed E-state index contributed by atoms with van der Waals surface area (Å²) in [7, 11) is 0. The summed E-state index contributed by atoms with van der Waals surface area (Å²) in [6, 6.07) is 3.84. The summed E-state index contributed by atoms with van der Waals surface area (Å²) >= 11 is 4.87. The van der Waals surface area contributed by atoms with Gasteiger partial charge in [-0.15, -0.1) is 11.3 Å². The molecule has 0 fully saturated rings. The number of hydrogen-bond donors (Lipinski definition) is 2. The topological polar surface area (TPSA) is 46.2 Å². The van der Waals surface area contributed by atoms with E-state index in [-0.39, 0.29) is 0 Å². The van der Waals surface area contributed by atoms with Crippen molar-refractivity contribution in [3.05, 3.63) is 20.8 Å². The lowest BCUT2D eigenvalue weighted by Gasteiger charge is -2.04. The highest BCUT2D eigenvalue weighted by molar-refractivity contribution is 9.11. The molecule has 0 spiro atoms. The van der Waals surface area contributed by atoms with Gasteiger partial charge in [0.05, 0.1) is 9.89 Å². The lowest BCUT2D eigenvalue weighted by Crippen LogP contribution is -2.05. The van der Waals surface area contributed by atoms with Gasteiger partial charge in [0.1, 0.15) is 0 Å². The smallest absolute Gasteiger partial charge is 0.0894 e. The normalized spacial score (nSPS) is 13.4. The standard InChI is InChI=1S/C7H10BrNOS/c8-7-2-1-6(11-7)5(10)3-4-9/h1-2,5,10H,3-4,9H2. The van der Waals surface area contributed by atoms with E-state index in [1.54, 1.807) is 11.3 Å². The lowest BCUT2D eigenvalue weighted by atomic mass is 10.2. The average Bonchev–Trinajstić information content (AvgIpc) is 2.36. The number of aliphatic hydroxyl groups is 1. The van der Waals surface area contributed by atoms with Crippen LogP contribution in [0.1, 0.15) is 17.4 Å². The Bertz CT molecular complexity index is 226. The van der Waals surface area contributed by atoms with Crippen molar-refractivity contribution in [2.75, 3.05) is 6.54 Å². The zero-order chi connectivity index (χ0) is 8.27. The fourth-order valence-electron chi connectivity index (χ4n) is 0.807. The van der Waals surface area contributed by atoms with E-state index in [2.05, 4.69) is 15.9 Å². The van der Waals surface area contributed by atoms with Crippen LogP contribution in [0, 0.1) is 0 Å². The first-order valence-corrected chi connectivity index (χ1v) is 4.98. The molecule has 0 bridgehead atoms. The molecule has 0 aliphatic heterocycles. The SMILES string of the molecule is NCCC(O)c1ccc(Br)s1. The molecular formula is C7H10BrNOS. The highest BCUT2D eigenvalue weighted by Crippen LogP contribution is 2.28. The zero-order valence-electron chi connectivity index (χ0n) is 5.96. The van der Waals surface area contributed by atoms with Gasteiger partial charge >= 0.3 is 0 Å². The third-order valence-corrected chi connectivity index (χ3v) is 3.09. The van der Waals surface area contributed by atoms with Crippen molar-refractivity contribution < 1.29 is 5.11 Å². The average molecular weight is 236 g/mol. The highest BCUT2D eigenvalue weighted by Gasteiger charge is 2.07. The molecule has 4 heteroatoms. The Labute approximate surface area is 78.2 Å². The number of hydrogen-bond acceptors (Lipinski definition) is 3. The Morgan fingerprint density at radius 2 is 2.36 bits per heavy atom. The van der Waals surface area contributed by atoms with E-state index in [0.29, 0.717) is 13.0 Å². The van der Waals surface area contributed by atoms with E-state index < -0.39 is 6.10 Å². The molecule has 0 aliphatic carbocycles. The van der Waals surface area contributed by atoms with Crippen LogP contribution in [0.5, 0.6) is 0 Å². The molecule has 0 amide bonds. The van der Waals surface area contributed by atoms with Crippen LogP contribution in [0.25, 0.3) is 0 Å². The lowest BCUT2D eigenvalue weighted by molar-refractivity contribution is 0.174. The minimum atomic E-state index is -0.392. The van der Waals surface area contributed by atoms with E-state index in [9.17, 15) is 5.11 Å². The second-order valence-electron chi connectivity index (χ2n) is 2.24. The Kier molecular flexibility index (Phi) is 3.51. The summed E-state index contributed by atoms with van der Waals surface area (Å²) in [5, 5.41) is 9.44. The molecule has 0 radical (unpaired) electrons. The van der Waals surface area contributed by atoms with E-state index in [0.717, 1.165) is 8.66 Å². The molecule has 3 N–H and O–H groups in total. The summed E-state index contributed by atoms with van der Waals surface area (Å²) in [5.74, 6) is 0. The van der Waals surface area contributed by atoms with Gasteiger partial charge < -0.3 is 10.8 Å². The maximum absolute atomic E-state index is 9.44. The van der Waals surface area contributed by atoms with Crippen LogP contribution in [-0.2, 0) is 0 Å². The van der Waals surface area contributed by atoms with Gasteiger partial charge in [-0.1, -0.05) is 0 Å². The fourth-order valence-corrected chi connectivity index (χ4v) is 2.25. The molecule has 1 unspecified atom stereocenters. The van der Waals surface area contributed by atoms with Crippen LogP contribution in [-0.4, -0.2) is 11.7 Å². The monoisotopic (exact) mass is 235 g/mol. The van der Waals surface area contributed by atoms with Crippen LogP contribution in [0.4, 0.5) is 0 Å². The van der Waals surface area contributed by atoms with Crippen LogP contribution >= 0.6 is 27.3 Å². The van der Waals surface area contributed by atoms with Crippen molar-refractivity contribution in [3.63, 3.8) is 0 Å². The number of halogens is 1. The number of nitrogens with two attached hydrogens (primary N) is 1. The van der Waals surface area contributed by atoms with Gasteiger partial charge in [-0.25, -0.2) is 0 Å². The molecule has 62 valence electrons. The minimum absolute atomic E-state index is 0.392. The molecule has 0 aliphatic rings. The fraction of sp³-hybridized carbons (Fsp3) is 0.429. The highest BCUT2D eigenvalue weighted by atomic mass is 79.9. The zero-order valence-corrected chi connectivity index (χ0v) is 8.36. The predicted octanol–water partition coefficient (Wildman–Crippen LogP) is 1.89. The first kappa shape index (κ1) is 9.19. The first-order valence-electron chi connectivity index (χ1n) is 3.37. The number of rotatable bonds is 3. The third kappa shape index (κ3) is 2.56. The third-order valence-electron chi connectivity index (χ3n) is 1.36. The van der Waals surface area contributed by atoms with Gasteiger partial charge in [0.25, 0.3) is 0 Å². The van der Waals surface area contributed by atoms with Gasteiger partial charge in [0.15, 0.2) is 0 Å². The van der Waals surface area contributed by atoms with Crippen molar-refractivity contribution in [1.29, 1.82) is 0 Å². The minimum Gasteiger partial charge on any atom is -0.388 e. The van der Waals surface area contributed by atoms with Crippen LogP contribution in [0.15, 0.2) is 15.9 Å². The Balaban J connectivity index is 2.60. The maximum Gasteiger partial charge on any atom is 0.0894 e. The molecular weight excluding hydrogens is 226 g/mol. The van der Waals surface area contributed by atoms with Crippen molar-refractivity contribution in [2.45, 2.75) is 12.5 Å². The van der Waals surface area contributed by atoms with Crippen molar-refractivity contribution in [3.8, 4) is 0 Å². The molecule has 0 saturated carbocycles. The largest absolute Gasteiger partial charge is 0.388 e. The van der Waals surface area contributed by atoms with Gasteiger partial charge in [-0.2, -0.15) is 0 Å². The molecule has 2 nitrogen and oxygen atoms in total. The van der Waals surface area contributed by atoms with Gasteiger partial charge in [-0.3, -0.25) is 0 Å². The van der Waals surface area contributed by atoms with Gasteiger partial charge in [-0.05, 0) is 41.0 Å². The predicted molar refractivity (Wildman–Crippen MR) is 50.7 cm³/mol. The quantitative estimate of drug-likeness (QED) is 0.841. The molecule has 1 aromatic rings. The van der Waals surface area contributed by atoms with Gasteiger partial charge in [0.2, 0.25) is 0 Å². The summed E-state index contributed by atoms with van der Waals surface area (Å²) in [6.45, 7) is 0.524. The summed E-state index contributed by atoms with van der Waals surface area (Å²) in [5.41, 5.74) is 5.31. The van der Waals surface area contributed by atoms with Gasteiger partial charge in [0, 0.05) is 4.88 Å². The Morgan fingerprint density at radius 1 is 1.64 bits per heavy atom. The molecule has 0 saturated heterocycles. The van der Waals surface area contributed by atoms with Crippen molar-refractivity contribution in [2.24, 2.45) is 5.73 Å². The summed E-state index contributed by atoms with van der Waals surface area (Å²) in [4.78, 5) is 0.974. The number of thiophene rings is 1. The van der Waals surface area contributed by atoms with E-state index in [4.69, 9.17) is 5.73 Å². The first-order chi connectivity index (χ1) is 5.24. The van der Waals surface area contributed by atoms with Crippen molar-refractivity contribution in [1.82, 2.24) is 0 Å². The van der Waals surface area contributed by atoms with Crippen LogP contribution in [0.2, 0.25) is 0 Å². The second kappa shape index (κ2) is 4.21. The molecule has 0 aromatic carbocycles.